The van der Waals surface area contributed by atoms with E-state index in [2.05, 4.69) is 31.0 Å². The molecular formula is C17H34N2. The van der Waals surface area contributed by atoms with Gasteiger partial charge in [0.05, 0.1) is 0 Å². The van der Waals surface area contributed by atoms with Crippen molar-refractivity contribution in [3.63, 3.8) is 0 Å². The van der Waals surface area contributed by atoms with Crippen LogP contribution >= 0.6 is 0 Å². The summed E-state index contributed by atoms with van der Waals surface area (Å²) >= 11 is 0. The molecule has 2 aliphatic rings. The molecule has 0 aromatic rings. The molecule has 0 unspecified atom stereocenters. The monoisotopic (exact) mass is 266 g/mol. The van der Waals surface area contributed by atoms with E-state index in [0.717, 1.165) is 23.8 Å². The molecule has 0 amide bonds. The second kappa shape index (κ2) is 7.64. The summed E-state index contributed by atoms with van der Waals surface area (Å²) in [4.78, 5) is 2.64. The van der Waals surface area contributed by atoms with Crippen molar-refractivity contribution in [2.75, 3.05) is 26.2 Å². The highest BCUT2D eigenvalue weighted by Crippen LogP contribution is 2.44. The summed E-state index contributed by atoms with van der Waals surface area (Å²) in [5.41, 5.74) is 0. The summed E-state index contributed by atoms with van der Waals surface area (Å²) in [6.07, 6.45) is 8.60. The van der Waals surface area contributed by atoms with Gasteiger partial charge in [0.15, 0.2) is 0 Å². The normalized spacial score (nSPS) is 19.9. The van der Waals surface area contributed by atoms with Crippen molar-refractivity contribution in [3.05, 3.63) is 0 Å². The standard InChI is InChI=1S/C17H34N2/c1-4-14(5-2)13-19(6-3)12-11-18-17(15-7-8-15)16-9-10-16/h14-18H,4-13H2,1-3H3. The second-order valence-corrected chi connectivity index (χ2v) is 6.73. The van der Waals surface area contributed by atoms with Gasteiger partial charge in [0.25, 0.3) is 0 Å². The minimum Gasteiger partial charge on any atom is -0.312 e. The molecule has 2 rings (SSSR count). The van der Waals surface area contributed by atoms with Gasteiger partial charge in [0.1, 0.15) is 0 Å². The first-order valence-corrected chi connectivity index (χ1v) is 8.74. The third-order valence-corrected chi connectivity index (χ3v) is 5.19. The van der Waals surface area contributed by atoms with Crippen molar-refractivity contribution in [3.8, 4) is 0 Å². The van der Waals surface area contributed by atoms with Crippen LogP contribution in [0.15, 0.2) is 0 Å². The maximum atomic E-state index is 3.88. The molecule has 2 saturated carbocycles. The van der Waals surface area contributed by atoms with Crippen LogP contribution in [0.2, 0.25) is 0 Å². The highest BCUT2D eigenvalue weighted by molar-refractivity contribution is 4.96. The molecule has 2 aliphatic carbocycles. The molecule has 0 saturated heterocycles. The van der Waals surface area contributed by atoms with E-state index in [1.807, 2.05) is 0 Å². The fourth-order valence-corrected chi connectivity index (χ4v) is 3.31. The Bertz CT molecular complexity index is 230. The van der Waals surface area contributed by atoms with E-state index < -0.39 is 0 Å². The van der Waals surface area contributed by atoms with Crippen LogP contribution in [0.3, 0.4) is 0 Å². The number of hydrogen-bond donors (Lipinski definition) is 1. The van der Waals surface area contributed by atoms with Crippen LogP contribution in [-0.4, -0.2) is 37.1 Å². The van der Waals surface area contributed by atoms with Gasteiger partial charge in [-0.15, -0.1) is 0 Å². The molecule has 112 valence electrons. The van der Waals surface area contributed by atoms with Gasteiger partial charge < -0.3 is 10.2 Å². The van der Waals surface area contributed by atoms with Crippen molar-refractivity contribution < 1.29 is 0 Å². The van der Waals surface area contributed by atoms with E-state index in [1.165, 1.54) is 64.7 Å². The van der Waals surface area contributed by atoms with E-state index in [-0.39, 0.29) is 0 Å². The summed E-state index contributed by atoms with van der Waals surface area (Å²) < 4.78 is 0. The van der Waals surface area contributed by atoms with Crippen LogP contribution in [0.1, 0.15) is 59.3 Å². The molecule has 0 aromatic heterocycles. The van der Waals surface area contributed by atoms with E-state index >= 15 is 0 Å². The maximum Gasteiger partial charge on any atom is 0.0124 e. The van der Waals surface area contributed by atoms with Crippen LogP contribution in [0.5, 0.6) is 0 Å². The third kappa shape index (κ3) is 5.07. The Balaban J connectivity index is 1.64. The zero-order valence-corrected chi connectivity index (χ0v) is 13.3. The van der Waals surface area contributed by atoms with Gasteiger partial charge in [-0.3, -0.25) is 0 Å². The molecule has 1 N–H and O–H groups in total. The predicted octanol–water partition coefficient (Wildman–Crippen LogP) is 3.52. The lowest BCUT2D eigenvalue weighted by Gasteiger charge is -2.26. The Kier molecular flexibility index (Phi) is 6.15. The van der Waals surface area contributed by atoms with E-state index in [9.17, 15) is 0 Å². The van der Waals surface area contributed by atoms with Gasteiger partial charge in [-0.1, -0.05) is 33.6 Å². The molecule has 2 heteroatoms. The minimum absolute atomic E-state index is 0.867. The minimum atomic E-state index is 0.867. The predicted molar refractivity (Wildman–Crippen MR) is 83.4 cm³/mol. The summed E-state index contributed by atoms with van der Waals surface area (Å²) in [6.45, 7) is 11.9. The van der Waals surface area contributed by atoms with Gasteiger partial charge in [0.2, 0.25) is 0 Å². The van der Waals surface area contributed by atoms with Crippen molar-refractivity contribution in [1.82, 2.24) is 10.2 Å². The average molecular weight is 266 g/mol. The van der Waals surface area contributed by atoms with Crippen LogP contribution in [0, 0.1) is 17.8 Å². The first-order valence-electron chi connectivity index (χ1n) is 8.74. The SMILES string of the molecule is CCC(CC)CN(CC)CCNC(C1CC1)C1CC1. The highest BCUT2D eigenvalue weighted by Gasteiger charge is 2.40. The Morgan fingerprint density at radius 3 is 2.00 bits per heavy atom. The zero-order valence-electron chi connectivity index (χ0n) is 13.3. The Labute approximate surface area is 120 Å². The maximum absolute atomic E-state index is 3.88. The fraction of sp³-hybridized carbons (Fsp3) is 1.00. The smallest absolute Gasteiger partial charge is 0.0124 e. The summed E-state index contributed by atoms with van der Waals surface area (Å²) in [5.74, 6) is 2.95. The lowest BCUT2D eigenvalue weighted by molar-refractivity contribution is 0.228. The largest absolute Gasteiger partial charge is 0.312 e. The van der Waals surface area contributed by atoms with E-state index in [0.29, 0.717) is 0 Å². The molecule has 19 heavy (non-hydrogen) atoms. The van der Waals surface area contributed by atoms with Crippen molar-refractivity contribution in [1.29, 1.82) is 0 Å². The average Bonchev–Trinajstić information content (AvgIpc) is 3.30. The van der Waals surface area contributed by atoms with E-state index in [1.54, 1.807) is 0 Å². The Morgan fingerprint density at radius 2 is 1.58 bits per heavy atom. The quantitative estimate of drug-likeness (QED) is 0.615. The zero-order chi connectivity index (χ0) is 13.7. The molecule has 0 atom stereocenters. The van der Waals surface area contributed by atoms with Crippen molar-refractivity contribution in [2.45, 2.75) is 65.3 Å². The van der Waals surface area contributed by atoms with Crippen LogP contribution < -0.4 is 5.32 Å². The first kappa shape index (κ1) is 15.3. The summed E-state index contributed by atoms with van der Waals surface area (Å²) in [5, 5.41) is 3.88. The van der Waals surface area contributed by atoms with Gasteiger partial charge in [-0.25, -0.2) is 0 Å². The fourth-order valence-electron chi connectivity index (χ4n) is 3.31. The van der Waals surface area contributed by atoms with Gasteiger partial charge in [0, 0.05) is 25.7 Å². The number of likely N-dealkylation sites (N-methyl/N-ethyl adjacent to an activating group) is 1. The molecule has 0 aliphatic heterocycles. The third-order valence-electron chi connectivity index (χ3n) is 5.19. The van der Waals surface area contributed by atoms with Crippen LogP contribution in [0.4, 0.5) is 0 Å². The second-order valence-electron chi connectivity index (χ2n) is 6.73. The number of rotatable bonds is 11. The molecular weight excluding hydrogens is 232 g/mol. The molecule has 2 nitrogen and oxygen atoms in total. The topological polar surface area (TPSA) is 15.3 Å². The van der Waals surface area contributed by atoms with Crippen molar-refractivity contribution >= 4 is 0 Å². The molecule has 0 radical (unpaired) electrons. The summed E-state index contributed by atoms with van der Waals surface area (Å²) in [6, 6.07) is 0.867. The Hall–Kier alpha value is -0.0800. The van der Waals surface area contributed by atoms with Gasteiger partial charge in [-0.05, 0) is 50.0 Å². The number of nitrogens with zero attached hydrogens (tertiary/aromatic N) is 1. The lowest BCUT2D eigenvalue weighted by atomic mass is 10.0. The molecule has 0 spiro atoms. The first-order chi connectivity index (χ1) is 9.28. The Morgan fingerprint density at radius 1 is 1.00 bits per heavy atom. The molecule has 2 fully saturated rings. The van der Waals surface area contributed by atoms with Gasteiger partial charge >= 0.3 is 0 Å². The highest BCUT2D eigenvalue weighted by atomic mass is 15.1. The van der Waals surface area contributed by atoms with Crippen LogP contribution in [-0.2, 0) is 0 Å². The molecule has 0 heterocycles. The van der Waals surface area contributed by atoms with Gasteiger partial charge in [-0.2, -0.15) is 0 Å². The lowest BCUT2D eigenvalue weighted by Crippen LogP contribution is -2.40. The molecule has 0 bridgehead atoms. The number of hydrogen-bond acceptors (Lipinski definition) is 2. The summed E-state index contributed by atoms with van der Waals surface area (Å²) in [7, 11) is 0. The molecule has 0 aromatic carbocycles. The number of nitrogens with one attached hydrogen (secondary N) is 1. The van der Waals surface area contributed by atoms with Crippen molar-refractivity contribution in [2.24, 2.45) is 17.8 Å². The van der Waals surface area contributed by atoms with E-state index in [4.69, 9.17) is 0 Å². The van der Waals surface area contributed by atoms with Crippen LogP contribution in [0.25, 0.3) is 0 Å².